The number of benzene rings is 1. The minimum absolute atomic E-state index is 0.162. The highest BCUT2D eigenvalue weighted by Crippen LogP contribution is 2.23. The van der Waals surface area contributed by atoms with Gasteiger partial charge in [0, 0.05) is 11.1 Å². The molecule has 1 heterocycles. The molecule has 2 rings (SSSR count). The molecule has 0 aliphatic carbocycles. The van der Waals surface area contributed by atoms with Gasteiger partial charge in [0.15, 0.2) is 0 Å². The van der Waals surface area contributed by atoms with Gasteiger partial charge in [-0.2, -0.15) is 5.11 Å². The van der Waals surface area contributed by atoms with Crippen LogP contribution in [0.1, 0.15) is 11.6 Å². The van der Waals surface area contributed by atoms with Crippen molar-refractivity contribution in [2.75, 3.05) is 0 Å². The lowest BCUT2D eigenvalue weighted by atomic mass is 10.1. The van der Waals surface area contributed by atoms with Crippen LogP contribution >= 0.6 is 11.6 Å². The van der Waals surface area contributed by atoms with Crippen LogP contribution in [0.3, 0.4) is 0 Å². The largest absolute Gasteiger partial charge is 0.287 e. The van der Waals surface area contributed by atoms with Gasteiger partial charge in [-0.05, 0) is 23.8 Å². The van der Waals surface area contributed by atoms with E-state index in [0.717, 1.165) is 5.56 Å². The summed E-state index contributed by atoms with van der Waals surface area (Å²) in [5, 5.41) is 8.01. The fourth-order valence-corrected chi connectivity index (χ4v) is 1.33. The number of carbonyl (C=O) groups excluding carboxylic acids is 1. The molecule has 70 valence electrons. The van der Waals surface area contributed by atoms with E-state index in [0.29, 0.717) is 5.02 Å². The van der Waals surface area contributed by atoms with Crippen molar-refractivity contribution >= 4 is 17.5 Å². The van der Waals surface area contributed by atoms with Crippen molar-refractivity contribution in [3.8, 4) is 0 Å². The second kappa shape index (κ2) is 3.72. The molecule has 0 aromatic heterocycles. The number of nitrogens with zero attached hydrogens (tertiary/aromatic N) is 2. The zero-order chi connectivity index (χ0) is 9.97. The normalized spacial score (nSPS) is 20.1. The zero-order valence-corrected chi connectivity index (χ0v) is 7.98. The zero-order valence-electron chi connectivity index (χ0n) is 7.22. The Morgan fingerprint density at radius 2 is 1.93 bits per heavy atom. The lowest BCUT2D eigenvalue weighted by Crippen LogP contribution is -1.98. The monoisotopic (exact) mass is 206 g/mol. The van der Waals surface area contributed by atoms with Crippen LogP contribution < -0.4 is 0 Å². The molecule has 1 aromatic rings. The van der Waals surface area contributed by atoms with Crippen molar-refractivity contribution in [2.45, 2.75) is 6.04 Å². The van der Waals surface area contributed by atoms with Gasteiger partial charge in [0.2, 0.25) is 0 Å². The fourth-order valence-electron chi connectivity index (χ4n) is 1.20. The van der Waals surface area contributed by atoms with E-state index < -0.39 is 0 Å². The Labute approximate surface area is 86.1 Å². The number of hydrogen-bond acceptors (Lipinski definition) is 2. The molecule has 1 aromatic carbocycles. The van der Waals surface area contributed by atoms with Gasteiger partial charge in [0.1, 0.15) is 6.04 Å². The summed E-state index contributed by atoms with van der Waals surface area (Å²) in [4.78, 5) is 10.7. The van der Waals surface area contributed by atoms with E-state index in [1.165, 1.54) is 6.08 Å². The highest BCUT2D eigenvalue weighted by atomic mass is 35.5. The molecule has 1 atom stereocenters. The van der Waals surface area contributed by atoms with E-state index in [9.17, 15) is 4.79 Å². The topological polar surface area (TPSA) is 41.8 Å². The Kier molecular flexibility index (Phi) is 2.41. The minimum atomic E-state index is -0.310. The highest BCUT2D eigenvalue weighted by molar-refractivity contribution is 6.30. The SMILES string of the molecule is O=C1C=CC(c2ccc(Cl)cc2)N=N1. The molecule has 0 N–H and O–H groups in total. The molecule has 0 spiro atoms. The van der Waals surface area contributed by atoms with Gasteiger partial charge in [0.25, 0.3) is 5.91 Å². The molecule has 14 heavy (non-hydrogen) atoms. The third-order valence-corrected chi connectivity index (χ3v) is 2.17. The van der Waals surface area contributed by atoms with E-state index in [1.54, 1.807) is 18.2 Å². The molecule has 1 unspecified atom stereocenters. The van der Waals surface area contributed by atoms with Crippen LogP contribution in [0.25, 0.3) is 0 Å². The van der Waals surface area contributed by atoms with Crippen LogP contribution in [-0.4, -0.2) is 5.91 Å². The molecular formula is C10H7ClN2O. The quantitative estimate of drug-likeness (QED) is 0.697. The van der Waals surface area contributed by atoms with Crippen LogP contribution in [0.4, 0.5) is 0 Å². The Balaban J connectivity index is 2.24. The maximum absolute atomic E-state index is 10.7. The average molecular weight is 207 g/mol. The number of rotatable bonds is 1. The summed E-state index contributed by atoms with van der Waals surface area (Å²) < 4.78 is 0. The number of halogens is 1. The molecule has 0 radical (unpaired) electrons. The fraction of sp³-hybridized carbons (Fsp3) is 0.100. The summed E-state index contributed by atoms with van der Waals surface area (Å²) in [5.41, 5.74) is 0.974. The first-order valence-corrected chi connectivity index (χ1v) is 4.52. The predicted octanol–water partition coefficient (Wildman–Crippen LogP) is 2.93. The number of amides is 1. The Hall–Kier alpha value is -1.48. The number of hydrogen-bond donors (Lipinski definition) is 0. The van der Waals surface area contributed by atoms with E-state index in [-0.39, 0.29) is 11.9 Å². The van der Waals surface area contributed by atoms with Gasteiger partial charge in [-0.15, -0.1) is 5.11 Å². The minimum Gasteiger partial charge on any atom is -0.266 e. The molecule has 0 saturated carbocycles. The first kappa shape index (κ1) is 9.09. The van der Waals surface area contributed by atoms with Gasteiger partial charge >= 0.3 is 0 Å². The van der Waals surface area contributed by atoms with E-state index in [2.05, 4.69) is 10.2 Å². The van der Waals surface area contributed by atoms with E-state index in [4.69, 9.17) is 11.6 Å². The van der Waals surface area contributed by atoms with Crippen molar-refractivity contribution in [1.82, 2.24) is 0 Å². The molecule has 0 fully saturated rings. The van der Waals surface area contributed by atoms with Crippen LogP contribution in [0.15, 0.2) is 46.6 Å². The smallest absolute Gasteiger partial charge is 0.266 e. The lowest BCUT2D eigenvalue weighted by molar-refractivity contribution is -0.114. The highest BCUT2D eigenvalue weighted by Gasteiger charge is 2.10. The third-order valence-electron chi connectivity index (χ3n) is 1.91. The molecule has 4 heteroatoms. The second-order valence-electron chi connectivity index (χ2n) is 2.91. The molecule has 0 bridgehead atoms. The van der Waals surface area contributed by atoms with Crippen molar-refractivity contribution in [2.24, 2.45) is 10.2 Å². The molecule has 1 aliphatic rings. The average Bonchev–Trinajstić information content (AvgIpc) is 2.21. The summed E-state index contributed by atoms with van der Waals surface area (Å²) >= 11 is 5.75. The Bertz CT molecular complexity index is 393. The van der Waals surface area contributed by atoms with Crippen molar-refractivity contribution < 1.29 is 4.79 Å². The molecule has 3 nitrogen and oxygen atoms in total. The third kappa shape index (κ3) is 1.88. The first-order chi connectivity index (χ1) is 6.75. The second-order valence-corrected chi connectivity index (χ2v) is 3.35. The van der Waals surface area contributed by atoms with Gasteiger partial charge in [-0.1, -0.05) is 23.7 Å². The molecular weight excluding hydrogens is 200 g/mol. The summed E-state index contributed by atoms with van der Waals surface area (Å²) in [6.45, 7) is 0. The number of carbonyl (C=O) groups is 1. The van der Waals surface area contributed by atoms with Gasteiger partial charge in [0.05, 0.1) is 0 Å². The summed E-state index contributed by atoms with van der Waals surface area (Å²) in [5.74, 6) is -0.310. The summed E-state index contributed by atoms with van der Waals surface area (Å²) in [6, 6.07) is 7.15. The predicted molar refractivity (Wildman–Crippen MR) is 53.2 cm³/mol. The van der Waals surface area contributed by atoms with Crippen LogP contribution in [0, 0.1) is 0 Å². The first-order valence-electron chi connectivity index (χ1n) is 4.14. The standard InChI is InChI=1S/C10H7ClN2O/c11-8-3-1-7(2-4-8)9-5-6-10(14)13-12-9/h1-6,9H. The maximum Gasteiger partial charge on any atom is 0.287 e. The van der Waals surface area contributed by atoms with E-state index in [1.807, 2.05) is 12.1 Å². The van der Waals surface area contributed by atoms with Crippen molar-refractivity contribution in [3.63, 3.8) is 0 Å². The number of azo groups is 1. The van der Waals surface area contributed by atoms with Crippen molar-refractivity contribution in [3.05, 3.63) is 47.0 Å². The van der Waals surface area contributed by atoms with Gasteiger partial charge in [-0.3, -0.25) is 4.79 Å². The van der Waals surface area contributed by atoms with Crippen molar-refractivity contribution in [1.29, 1.82) is 0 Å². The summed E-state index contributed by atoms with van der Waals surface area (Å²) in [6.07, 6.45) is 3.14. The molecule has 0 saturated heterocycles. The van der Waals surface area contributed by atoms with Gasteiger partial charge in [-0.25, -0.2) is 0 Å². The molecule has 1 aliphatic heterocycles. The van der Waals surface area contributed by atoms with Gasteiger partial charge < -0.3 is 0 Å². The Morgan fingerprint density at radius 1 is 1.21 bits per heavy atom. The maximum atomic E-state index is 10.7. The van der Waals surface area contributed by atoms with E-state index >= 15 is 0 Å². The summed E-state index contributed by atoms with van der Waals surface area (Å²) in [7, 11) is 0. The Morgan fingerprint density at radius 3 is 2.50 bits per heavy atom. The van der Waals surface area contributed by atoms with Crippen LogP contribution in [0.5, 0.6) is 0 Å². The lowest BCUT2D eigenvalue weighted by Gasteiger charge is -2.08. The van der Waals surface area contributed by atoms with Crippen LogP contribution in [0.2, 0.25) is 5.02 Å². The molecule has 1 amide bonds. The van der Waals surface area contributed by atoms with Crippen LogP contribution in [-0.2, 0) is 4.79 Å².